The van der Waals surface area contributed by atoms with E-state index in [0.717, 1.165) is 24.0 Å². The van der Waals surface area contributed by atoms with Crippen LogP contribution < -0.4 is 10.6 Å². The zero-order valence-electron chi connectivity index (χ0n) is 12.5. The van der Waals surface area contributed by atoms with Crippen LogP contribution in [0.3, 0.4) is 0 Å². The fourth-order valence-corrected chi connectivity index (χ4v) is 2.34. The van der Waals surface area contributed by atoms with E-state index in [1.165, 1.54) is 25.7 Å². The number of nitrogens with one attached hydrogen (secondary N) is 2. The highest BCUT2D eigenvalue weighted by Crippen LogP contribution is 2.17. The van der Waals surface area contributed by atoms with Crippen molar-refractivity contribution in [2.45, 2.75) is 59.0 Å². The number of aliphatic imine (C=N–C) groups is 1. The van der Waals surface area contributed by atoms with Crippen molar-refractivity contribution >= 4 is 29.9 Å². The molecule has 0 spiro atoms. The maximum absolute atomic E-state index is 5.54. The lowest BCUT2D eigenvalue weighted by molar-refractivity contribution is 0.472. The highest BCUT2D eigenvalue weighted by molar-refractivity contribution is 14.0. The first-order chi connectivity index (χ1) is 9.19. The van der Waals surface area contributed by atoms with Gasteiger partial charge in [-0.05, 0) is 33.6 Å². The van der Waals surface area contributed by atoms with Crippen molar-refractivity contribution in [2.24, 2.45) is 4.99 Å². The molecule has 0 atom stereocenters. The lowest BCUT2D eigenvalue weighted by Crippen LogP contribution is -2.42. The molecule has 1 aliphatic carbocycles. The van der Waals surface area contributed by atoms with E-state index in [1.54, 1.807) is 0 Å². The monoisotopic (exact) mass is 392 g/mol. The average molecular weight is 392 g/mol. The summed E-state index contributed by atoms with van der Waals surface area (Å²) in [6, 6.07) is 0.561. The molecule has 0 unspecified atom stereocenters. The summed E-state index contributed by atoms with van der Waals surface area (Å²) >= 11 is 0. The predicted molar refractivity (Wildman–Crippen MR) is 91.6 cm³/mol. The molecule has 0 radical (unpaired) electrons. The average Bonchev–Trinajstić information content (AvgIpc) is 2.98. The van der Waals surface area contributed by atoms with Crippen LogP contribution in [0.25, 0.3) is 0 Å². The normalized spacial score (nSPS) is 16.1. The lowest BCUT2D eigenvalue weighted by Gasteiger charge is -2.16. The van der Waals surface area contributed by atoms with Crippen molar-refractivity contribution in [3.05, 3.63) is 17.3 Å². The van der Waals surface area contributed by atoms with Crippen LogP contribution in [0.5, 0.6) is 0 Å². The van der Waals surface area contributed by atoms with Gasteiger partial charge in [-0.2, -0.15) is 0 Å². The summed E-state index contributed by atoms with van der Waals surface area (Å²) in [6.07, 6.45) is 5.10. The Hall–Kier alpha value is -0.790. The number of hydrogen-bond acceptors (Lipinski definition) is 3. The van der Waals surface area contributed by atoms with E-state index in [9.17, 15) is 0 Å². The quantitative estimate of drug-likeness (QED) is 0.470. The molecule has 1 saturated carbocycles. The summed E-state index contributed by atoms with van der Waals surface area (Å²) in [5.74, 6) is 2.42. The van der Waals surface area contributed by atoms with E-state index < -0.39 is 0 Å². The van der Waals surface area contributed by atoms with Crippen LogP contribution >= 0.6 is 24.0 Å². The number of oxazole rings is 1. The molecule has 6 heteroatoms. The molecule has 0 bridgehead atoms. The summed E-state index contributed by atoms with van der Waals surface area (Å²) in [6.45, 7) is 7.30. The summed E-state index contributed by atoms with van der Waals surface area (Å²) in [4.78, 5) is 8.88. The van der Waals surface area contributed by atoms with Crippen molar-refractivity contribution in [1.82, 2.24) is 15.6 Å². The number of halogens is 1. The van der Waals surface area contributed by atoms with Gasteiger partial charge in [0, 0.05) is 12.6 Å². The number of guanidine groups is 1. The van der Waals surface area contributed by atoms with Gasteiger partial charge in [0.25, 0.3) is 0 Å². The van der Waals surface area contributed by atoms with Gasteiger partial charge in [0.1, 0.15) is 12.3 Å². The SMILES string of the molecule is CCNC(=NCc1nc(C)c(C)o1)NC1CCCC1.I. The molecule has 20 heavy (non-hydrogen) atoms. The standard InChI is InChI=1S/C14H24N4O.HI/c1-4-15-14(18-12-7-5-6-8-12)16-9-13-17-10(2)11(3)19-13;/h12H,4-9H2,1-3H3,(H2,15,16,18);1H. The van der Waals surface area contributed by atoms with Crippen LogP contribution in [-0.4, -0.2) is 23.5 Å². The molecule has 0 saturated heterocycles. The number of hydrogen-bond donors (Lipinski definition) is 2. The summed E-state index contributed by atoms with van der Waals surface area (Å²) in [5, 5.41) is 6.75. The van der Waals surface area contributed by atoms with Crippen molar-refractivity contribution in [3.63, 3.8) is 0 Å². The van der Waals surface area contributed by atoms with Gasteiger partial charge in [0.05, 0.1) is 5.69 Å². The molecule has 114 valence electrons. The molecule has 1 aromatic rings. The van der Waals surface area contributed by atoms with Crippen LogP contribution in [0.15, 0.2) is 9.41 Å². The summed E-state index contributed by atoms with van der Waals surface area (Å²) in [5.41, 5.74) is 0.943. The zero-order chi connectivity index (χ0) is 13.7. The number of nitrogens with zero attached hydrogens (tertiary/aromatic N) is 2. The van der Waals surface area contributed by atoms with E-state index in [0.29, 0.717) is 18.5 Å². The minimum atomic E-state index is 0. The van der Waals surface area contributed by atoms with Crippen LogP contribution in [0.1, 0.15) is 50.0 Å². The molecular weight excluding hydrogens is 367 g/mol. The van der Waals surface area contributed by atoms with Crippen molar-refractivity contribution < 1.29 is 4.42 Å². The Kier molecular flexibility index (Phi) is 7.32. The number of aryl methyl sites for hydroxylation is 2. The van der Waals surface area contributed by atoms with E-state index in [4.69, 9.17) is 4.42 Å². The first-order valence-corrected chi connectivity index (χ1v) is 7.16. The van der Waals surface area contributed by atoms with Gasteiger partial charge >= 0.3 is 0 Å². The molecule has 0 amide bonds. The topological polar surface area (TPSA) is 62.5 Å². The van der Waals surface area contributed by atoms with Gasteiger partial charge in [-0.25, -0.2) is 9.98 Å². The minimum absolute atomic E-state index is 0. The Morgan fingerprint density at radius 2 is 2.05 bits per heavy atom. The Balaban J connectivity index is 0.00000200. The van der Waals surface area contributed by atoms with E-state index in [-0.39, 0.29) is 24.0 Å². The van der Waals surface area contributed by atoms with Gasteiger partial charge < -0.3 is 15.1 Å². The molecule has 1 aromatic heterocycles. The molecule has 5 nitrogen and oxygen atoms in total. The van der Waals surface area contributed by atoms with Crippen molar-refractivity contribution in [1.29, 1.82) is 0 Å². The van der Waals surface area contributed by atoms with Gasteiger partial charge in [-0.3, -0.25) is 0 Å². The van der Waals surface area contributed by atoms with Gasteiger partial charge in [-0.15, -0.1) is 24.0 Å². The minimum Gasteiger partial charge on any atom is -0.444 e. The Bertz CT molecular complexity index is 419. The third-order valence-electron chi connectivity index (χ3n) is 3.49. The molecule has 0 aromatic carbocycles. The number of aromatic nitrogens is 1. The highest BCUT2D eigenvalue weighted by Gasteiger charge is 2.16. The van der Waals surface area contributed by atoms with Gasteiger partial charge in [0.2, 0.25) is 5.89 Å². The van der Waals surface area contributed by atoms with Crippen LogP contribution in [0.2, 0.25) is 0 Å². The second kappa shape index (κ2) is 8.49. The number of rotatable bonds is 4. The highest BCUT2D eigenvalue weighted by atomic mass is 127. The van der Waals surface area contributed by atoms with Crippen molar-refractivity contribution in [3.8, 4) is 0 Å². The smallest absolute Gasteiger partial charge is 0.216 e. The Labute approximate surface area is 138 Å². The largest absolute Gasteiger partial charge is 0.444 e. The van der Waals surface area contributed by atoms with Gasteiger partial charge in [-0.1, -0.05) is 12.8 Å². The lowest BCUT2D eigenvalue weighted by atomic mass is 10.2. The Morgan fingerprint density at radius 3 is 2.60 bits per heavy atom. The molecule has 1 heterocycles. The zero-order valence-corrected chi connectivity index (χ0v) is 14.9. The third kappa shape index (κ3) is 4.96. The molecule has 1 aliphatic rings. The molecule has 0 aliphatic heterocycles. The van der Waals surface area contributed by atoms with Crippen LogP contribution in [0, 0.1) is 13.8 Å². The first kappa shape index (κ1) is 17.3. The van der Waals surface area contributed by atoms with Crippen molar-refractivity contribution in [2.75, 3.05) is 6.54 Å². The molecule has 2 rings (SSSR count). The molecule has 1 fully saturated rings. The van der Waals surface area contributed by atoms with Gasteiger partial charge in [0.15, 0.2) is 5.96 Å². The fourth-order valence-electron chi connectivity index (χ4n) is 2.34. The second-order valence-corrected chi connectivity index (χ2v) is 5.07. The maximum atomic E-state index is 5.54. The summed E-state index contributed by atoms with van der Waals surface area (Å²) in [7, 11) is 0. The fraction of sp³-hybridized carbons (Fsp3) is 0.714. The van der Waals surface area contributed by atoms with E-state index >= 15 is 0 Å². The van der Waals surface area contributed by atoms with E-state index in [1.807, 2.05) is 13.8 Å². The van der Waals surface area contributed by atoms with E-state index in [2.05, 4.69) is 27.5 Å². The molecular formula is C14H25IN4O. The Morgan fingerprint density at radius 1 is 1.35 bits per heavy atom. The third-order valence-corrected chi connectivity index (χ3v) is 3.49. The van der Waals surface area contributed by atoms with Crippen LogP contribution in [0.4, 0.5) is 0 Å². The van der Waals surface area contributed by atoms with Crippen LogP contribution in [-0.2, 0) is 6.54 Å². The maximum Gasteiger partial charge on any atom is 0.216 e. The molecule has 2 N–H and O–H groups in total. The summed E-state index contributed by atoms with van der Waals surface area (Å²) < 4.78 is 5.54. The predicted octanol–water partition coefficient (Wildman–Crippen LogP) is 2.91. The second-order valence-electron chi connectivity index (χ2n) is 5.07. The first-order valence-electron chi connectivity index (χ1n) is 7.16.